The highest BCUT2D eigenvalue weighted by Gasteiger charge is 2.17. The maximum atomic E-state index is 11.7. The van der Waals surface area contributed by atoms with Crippen LogP contribution in [0.25, 0.3) is 0 Å². The number of carbonyl (C=O) groups excluding carboxylic acids is 2. The molecule has 0 aliphatic heterocycles. The van der Waals surface area contributed by atoms with Gasteiger partial charge in [0.15, 0.2) is 0 Å². The first-order valence-corrected chi connectivity index (χ1v) is 6.79. The van der Waals surface area contributed by atoms with Gasteiger partial charge in [0, 0.05) is 18.2 Å². The third-order valence-corrected chi connectivity index (χ3v) is 3.05. The summed E-state index contributed by atoms with van der Waals surface area (Å²) >= 11 is 4.12. The molecule has 0 saturated carbocycles. The second kappa shape index (κ2) is 10.2. The Kier molecular flexibility index (Phi) is 9.72. The van der Waals surface area contributed by atoms with Crippen molar-refractivity contribution in [1.82, 2.24) is 5.32 Å². The van der Waals surface area contributed by atoms with E-state index in [1.54, 1.807) is 0 Å². The molecule has 2 atom stereocenters. The fraction of sp³-hybridized carbons (Fsp3) is 0.818. The van der Waals surface area contributed by atoms with Crippen LogP contribution in [0.15, 0.2) is 0 Å². The van der Waals surface area contributed by atoms with Crippen molar-refractivity contribution in [2.75, 3.05) is 12.3 Å². The van der Waals surface area contributed by atoms with Crippen molar-refractivity contribution in [1.29, 1.82) is 0 Å². The molecular formula is C11H24N4O2S. The number of hydrogen-bond acceptors (Lipinski definition) is 5. The van der Waals surface area contributed by atoms with Gasteiger partial charge in [-0.3, -0.25) is 9.59 Å². The molecule has 0 aromatic heterocycles. The van der Waals surface area contributed by atoms with E-state index in [-0.39, 0.29) is 24.3 Å². The zero-order chi connectivity index (χ0) is 14.0. The highest BCUT2D eigenvalue weighted by Crippen LogP contribution is 2.02. The fourth-order valence-corrected chi connectivity index (χ4v) is 1.75. The van der Waals surface area contributed by atoms with E-state index in [0.717, 1.165) is 12.8 Å². The molecule has 0 saturated heterocycles. The summed E-state index contributed by atoms with van der Waals surface area (Å²) in [4.78, 5) is 22.4. The summed E-state index contributed by atoms with van der Waals surface area (Å²) in [5.41, 5.74) is 16.2. The van der Waals surface area contributed by atoms with Gasteiger partial charge in [0.05, 0.1) is 6.04 Å². The molecular weight excluding hydrogens is 252 g/mol. The summed E-state index contributed by atoms with van der Waals surface area (Å²) in [5.74, 6) is -0.145. The number of primary amides is 1. The van der Waals surface area contributed by atoms with Crippen LogP contribution < -0.4 is 22.5 Å². The average Bonchev–Trinajstić information content (AvgIpc) is 2.34. The SMILES string of the molecule is NCCCC[C@H](N)C(=O)N[C@H](CS)CCC(N)=O. The molecule has 0 spiro atoms. The predicted octanol–water partition coefficient (Wildman–Crippen LogP) is -0.877. The summed E-state index contributed by atoms with van der Waals surface area (Å²) < 4.78 is 0. The Morgan fingerprint density at radius 2 is 1.89 bits per heavy atom. The minimum atomic E-state index is -0.535. The number of nitrogens with one attached hydrogen (secondary N) is 1. The van der Waals surface area contributed by atoms with Crippen molar-refractivity contribution in [3.8, 4) is 0 Å². The number of nitrogens with two attached hydrogens (primary N) is 3. The minimum absolute atomic E-state index is 0.172. The predicted molar refractivity (Wildman–Crippen MR) is 75.1 cm³/mol. The van der Waals surface area contributed by atoms with Gasteiger partial charge in [-0.15, -0.1) is 0 Å². The smallest absolute Gasteiger partial charge is 0.237 e. The van der Waals surface area contributed by atoms with Crippen LogP contribution in [0, 0.1) is 0 Å². The Morgan fingerprint density at radius 1 is 1.22 bits per heavy atom. The van der Waals surface area contributed by atoms with Crippen LogP contribution in [0.2, 0.25) is 0 Å². The largest absolute Gasteiger partial charge is 0.370 e. The van der Waals surface area contributed by atoms with Gasteiger partial charge in [-0.1, -0.05) is 6.42 Å². The topological polar surface area (TPSA) is 124 Å². The van der Waals surface area contributed by atoms with Gasteiger partial charge in [-0.05, 0) is 25.8 Å². The lowest BCUT2D eigenvalue weighted by Crippen LogP contribution is -2.46. The van der Waals surface area contributed by atoms with Crippen LogP contribution in [0.1, 0.15) is 32.1 Å². The first-order chi connectivity index (χ1) is 8.51. The fourth-order valence-electron chi connectivity index (χ4n) is 1.47. The molecule has 0 radical (unpaired) electrons. The van der Waals surface area contributed by atoms with Crippen LogP contribution in [0.4, 0.5) is 0 Å². The third-order valence-electron chi connectivity index (χ3n) is 2.61. The van der Waals surface area contributed by atoms with Gasteiger partial charge < -0.3 is 22.5 Å². The van der Waals surface area contributed by atoms with Crippen molar-refractivity contribution in [3.63, 3.8) is 0 Å². The zero-order valence-electron chi connectivity index (χ0n) is 10.6. The van der Waals surface area contributed by atoms with E-state index in [0.29, 0.717) is 25.1 Å². The van der Waals surface area contributed by atoms with Gasteiger partial charge in [0.25, 0.3) is 0 Å². The molecule has 6 nitrogen and oxygen atoms in total. The molecule has 2 amide bonds. The van der Waals surface area contributed by atoms with Crippen LogP contribution in [0.3, 0.4) is 0 Å². The van der Waals surface area contributed by atoms with Crippen LogP contribution in [-0.2, 0) is 9.59 Å². The highest BCUT2D eigenvalue weighted by molar-refractivity contribution is 7.80. The van der Waals surface area contributed by atoms with E-state index >= 15 is 0 Å². The molecule has 0 unspecified atom stereocenters. The molecule has 0 bridgehead atoms. The first kappa shape index (κ1) is 17.2. The summed E-state index contributed by atoms with van der Waals surface area (Å²) in [7, 11) is 0. The van der Waals surface area contributed by atoms with Gasteiger partial charge >= 0.3 is 0 Å². The molecule has 18 heavy (non-hydrogen) atoms. The average molecular weight is 276 g/mol. The van der Waals surface area contributed by atoms with Gasteiger partial charge in [-0.25, -0.2) is 0 Å². The number of rotatable bonds is 10. The van der Waals surface area contributed by atoms with Gasteiger partial charge in [0.1, 0.15) is 0 Å². The molecule has 0 aromatic rings. The molecule has 0 aliphatic carbocycles. The van der Waals surface area contributed by atoms with Crippen LogP contribution in [0.5, 0.6) is 0 Å². The van der Waals surface area contributed by atoms with E-state index in [9.17, 15) is 9.59 Å². The van der Waals surface area contributed by atoms with Crippen LogP contribution >= 0.6 is 12.6 Å². The number of carbonyl (C=O) groups is 2. The van der Waals surface area contributed by atoms with E-state index in [1.165, 1.54) is 0 Å². The molecule has 0 aromatic carbocycles. The Labute approximate surface area is 113 Å². The molecule has 7 heteroatoms. The van der Waals surface area contributed by atoms with Crippen molar-refractivity contribution < 1.29 is 9.59 Å². The summed E-state index contributed by atoms with van der Waals surface area (Å²) in [6.07, 6.45) is 3.02. The Morgan fingerprint density at radius 3 is 2.39 bits per heavy atom. The lowest BCUT2D eigenvalue weighted by Gasteiger charge is -2.19. The van der Waals surface area contributed by atoms with Crippen molar-refractivity contribution in [2.24, 2.45) is 17.2 Å². The van der Waals surface area contributed by atoms with Gasteiger partial charge in [-0.2, -0.15) is 12.6 Å². The molecule has 0 fully saturated rings. The summed E-state index contributed by atoms with van der Waals surface area (Å²) in [5, 5.41) is 2.77. The number of hydrogen-bond donors (Lipinski definition) is 5. The maximum Gasteiger partial charge on any atom is 0.237 e. The van der Waals surface area contributed by atoms with Crippen molar-refractivity contribution >= 4 is 24.4 Å². The van der Waals surface area contributed by atoms with Gasteiger partial charge in [0.2, 0.25) is 11.8 Å². The molecule has 0 heterocycles. The Balaban J connectivity index is 3.97. The summed E-state index contributed by atoms with van der Waals surface area (Å²) in [6, 6.07) is -0.707. The maximum absolute atomic E-state index is 11.7. The normalized spacial score (nSPS) is 13.9. The lowest BCUT2D eigenvalue weighted by atomic mass is 10.1. The number of unbranched alkanes of at least 4 members (excludes halogenated alkanes) is 1. The number of thiol groups is 1. The van der Waals surface area contributed by atoms with E-state index in [4.69, 9.17) is 17.2 Å². The quantitative estimate of drug-likeness (QED) is 0.262. The minimum Gasteiger partial charge on any atom is -0.370 e. The second-order valence-electron chi connectivity index (χ2n) is 4.28. The Hall–Kier alpha value is -0.790. The molecule has 106 valence electrons. The standard InChI is InChI=1S/C11H24N4O2S/c12-6-2-1-3-9(13)11(17)15-8(7-18)4-5-10(14)16/h8-9,18H,1-7,12-13H2,(H2,14,16)(H,15,17)/t8-,9-/m0/s1. The number of amides is 2. The van der Waals surface area contributed by atoms with Crippen molar-refractivity contribution in [2.45, 2.75) is 44.2 Å². The van der Waals surface area contributed by atoms with Crippen LogP contribution in [-0.4, -0.2) is 36.2 Å². The third kappa shape index (κ3) is 8.32. The lowest BCUT2D eigenvalue weighted by molar-refractivity contribution is -0.123. The second-order valence-corrected chi connectivity index (χ2v) is 4.65. The zero-order valence-corrected chi connectivity index (χ0v) is 11.5. The monoisotopic (exact) mass is 276 g/mol. The molecule has 7 N–H and O–H groups in total. The van der Waals surface area contributed by atoms with Crippen molar-refractivity contribution in [3.05, 3.63) is 0 Å². The van der Waals surface area contributed by atoms with E-state index in [1.807, 2.05) is 0 Å². The molecule has 0 rings (SSSR count). The highest BCUT2D eigenvalue weighted by atomic mass is 32.1. The Bertz CT molecular complexity index is 263. The van der Waals surface area contributed by atoms with E-state index < -0.39 is 6.04 Å². The van der Waals surface area contributed by atoms with E-state index in [2.05, 4.69) is 17.9 Å². The first-order valence-electron chi connectivity index (χ1n) is 6.16. The molecule has 0 aliphatic rings. The summed E-state index contributed by atoms with van der Waals surface area (Å²) in [6.45, 7) is 0.603.